The van der Waals surface area contributed by atoms with E-state index in [2.05, 4.69) is 6.92 Å². The second kappa shape index (κ2) is 6.04. The normalized spacial score (nSPS) is 12.3. The Balaban J connectivity index is 2.49. The van der Waals surface area contributed by atoms with E-state index in [1.54, 1.807) is 19.2 Å². The predicted molar refractivity (Wildman–Crippen MR) is 82.0 cm³/mol. The third-order valence-electron chi connectivity index (χ3n) is 3.09. The molecule has 0 fully saturated rings. The number of benzene rings is 2. The standard InChI is InChI=1S/C15H13Cl3O/c1-9(12-5-3-11(17)8-14(12)18)13-7-10(16)4-6-15(13)19-2/h3-9H,1-2H3. The van der Waals surface area contributed by atoms with Crippen molar-refractivity contribution in [1.82, 2.24) is 0 Å². The third-order valence-corrected chi connectivity index (χ3v) is 3.88. The molecule has 0 saturated carbocycles. The lowest BCUT2D eigenvalue weighted by Crippen LogP contribution is -2.00. The predicted octanol–water partition coefficient (Wildman–Crippen LogP) is 5.81. The number of rotatable bonds is 3. The number of halogens is 3. The summed E-state index contributed by atoms with van der Waals surface area (Å²) in [6.45, 7) is 2.06. The zero-order chi connectivity index (χ0) is 14.0. The van der Waals surface area contributed by atoms with E-state index in [-0.39, 0.29) is 5.92 Å². The molecule has 0 bridgehead atoms. The lowest BCUT2D eigenvalue weighted by atomic mass is 9.92. The van der Waals surface area contributed by atoms with Gasteiger partial charge in [-0.15, -0.1) is 0 Å². The van der Waals surface area contributed by atoms with Crippen LogP contribution in [0.3, 0.4) is 0 Å². The topological polar surface area (TPSA) is 9.23 Å². The molecule has 0 radical (unpaired) electrons. The molecule has 0 aliphatic carbocycles. The Bertz CT molecular complexity index is 596. The van der Waals surface area contributed by atoms with E-state index in [0.29, 0.717) is 15.1 Å². The van der Waals surface area contributed by atoms with Crippen LogP contribution in [0.2, 0.25) is 15.1 Å². The summed E-state index contributed by atoms with van der Waals surface area (Å²) in [7, 11) is 1.64. The Labute approximate surface area is 128 Å². The van der Waals surface area contributed by atoms with Crippen LogP contribution in [0.4, 0.5) is 0 Å². The first kappa shape index (κ1) is 14.5. The van der Waals surface area contributed by atoms with Crippen molar-refractivity contribution < 1.29 is 4.74 Å². The highest BCUT2D eigenvalue weighted by molar-refractivity contribution is 6.35. The average Bonchev–Trinajstić information content (AvgIpc) is 2.38. The molecule has 1 nitrogen and oxygen atoms in total. The zero-order valence-electron chi connectivity index (χ0n) is 10.6. The monoisotopic (exact) mass is 314 g/mol. The van der Waals surface area contributed by atoms with Gasteiger partial charge in [0.25, 0.3) is 0 Å². The number of hydrogen-bond donors (Lipinski definition) is 0. The highest BCUT2D eigenvalue weighted by atomic mass is 35.5. The van der Waals surface area contributed by atoms with E-state index < -0.39 is 0 Å². The molecule has 19 heavy (non-hydrogen) atoms. The van der Waals surface area contributed by atoms with Gasteiger partial charge in [-0.3, -0.25) is 0 Å². The largest absolute Gasteiger partial charge is 0.496 e. The smallest absolute Gasteiger partial charge is 0.122 e. The molecule has 0 amide bonds. The fourth-order valence-corrected chi connectivity index (χ4v) is 2.82. The summed E-state index contributed by atoms with van der Waals surface area (Å²) in [5.74, 6) is 0.862. The molecule has 0 saturated heterocycles. The minimum absolute atomic E-state index is 0.0680. The third kappa shape index (κ3) is 3.17. The fraction of sp³-hybridized carbons (Fsp3) is 0.200. The van der Waals surface area contributed by atoms with E-state index in [0.717, 1.165) is 16.9 Å². The van der Waals surface area contributed by atoms with Gasteiger partial charge in [0.05, 0.1) is 7.11 Å². The molecule has 0 aliphatic rings. The summed E-state index contributed by atoms with van der Waals surface area (Å²) in [4.78, 5) is 0. The number of hydrogen-bond acceptors (Lipinski definition) is 1. The maximum Gasteiger partial charge on any atom is 0.122 e. The van der Waals surface area contributed by atoms with Crippen LogP contribution in [-0.2, 0) is 0 Å². The lowest BCUT2D eigenvalue weighted by Gasteiger charge is -2.17. The molecule has 1 unspecified atom stereocenters. The summed E-state index contributed by atoms with van der Waals surface area (Å²) < 4.78 is 5.38. The first-order valence-corrected chi connectivity index (χ1v) is 6.94. The molecular formula is C15H13Cl3O. The summed E-state index contributed by atoms with van der Waals surface area (Å²) in [5, 5.41) is 1.94. The Morgan fingerprint density at radius 3 is 2.16 bits per heavy atom. The molecule has 2 aromatic carbocycles. The molecule has 0 N–H and O–H groups in total. The van der Waals surface area contributed by atoms with Crippen molar-refractivity contribution in [2.24, 2.45) is 0 Å². The van der Waals surface area contributed by atoms with Crippen molar-refractivity contribution in [2.75, 3.05) is 7.11 Å². The van der Waals surface area contributed by atoms with E-state index in [4.69, 9.17) is 39.5 Å². The maximum absolute atomic E-state index is 6.25. The number of methoxy groups -OCH3 is 1. The Morgan fingerprint density at radius 2 is 1.53 bits per heavy atom. The number of ether oxygens (including phenoxy) is 1. The molecule has 0 aromatic heterocycles. The van der Waals surface area contributed by atoms with Crippen LogP contribution < -0.4 is 4.74 Å². The van der Waals surface area contributed by atoms with Gasteiger partial charge in [0.15, 0.2) is 0 Å². The molecule has 2 rings (SSSR count). The van der Waals surface area contributed by atoms with Gasteiger partial charge < -0.3 is 4.74 Å². The zero-order valence-corrected chi connectivity index (χ0v) is 12.9. The van der Waals surface area contributed by atoms with Crippen LogP contribution in [0.25, 0.3) is 0 Å². The highest BCUT2D eigenvalue weighted by Gasteiger charge is 2.16. The first-order valence-electron chi connectivity index (χ1n) is 5.81. The van der Waals surface area contributed by atoms with Crippen molar-refractivity contribution in [2.45, 2.75) is 12.8 Å². The summed E-state index contributed by atoms with van der Waals surface area (Å²) in [5.41, 5.74) is 1.99. The van der Waals surface area contributed by atoms with Gasteiger partial charge in [-0.1, -0.05) is 47.8 Å². The Kier molecular flexibility index (Phi) is 4.62. The van der Waals surface area contributed by atoms with Gasteiger partial charge in [-0.2, -0.15) is 0 Å². The molecule has 2 aromatic rings. The SMILES string of the molecule is COc1ccc(Cl)cc1C(C)c1ccc(Cl)cc1Cl. The quantitative estimate of drug-likeness (QED) is 0.694. The van der Waals surface area contributed by atoms with Gasteiger partial charge >= 0.3 is 0 Å². The molecule has 1 atom stereocenters. The van der Waals surface area contributed by atoms with Crippen molar-refractivity contribution in [3.8, 4) is 5.75 Å². The average molecular weight is 316 g/mol. The van der Waals surface area contributed by atoms with Gasteiger partial charge in [0.1, 0.15) is 5.75 Å². The minimum Gasteiger partial charge on any atom is -0.496 e. The van der Waals surface area contributed by atoms with Crippen molar-refractivity contribution in [3.63, 3.8) is 0 Å². The fourth-order valence-electron chi connectivity index (χ4n) is 2.06. The molecular weight excluding hydrogens is 303 g/mol. The van der Waals surface area contributed by atoms with Gasteiger partial charge in [0.2, 0.25) is 0 Å². The Hall–Kier alpha value is -0.890. The van der Waals surface area contributed by atoms with Gasteiger partial charge in [-0.05, 0) is 35.9 Å². The van der Waals surface area contributed by atoms with Crippen LogP contribution in [0.1, 0.15) is 24.0 Å². The van der Waals surface area contributed by atoms with Crippen LogP contribution >= 0.6 is 34.8 Å². The molecule has 0 aliphatic heterocycles. The van der Waals surface area contributed by atoms with Gasteiger partial charge in [0, 0.05) is 26.5 Å². The second-order valence-corrected chi connectivity index (χ2v) is 5.55. The minimum atomic E-state index is 0.0680. The van der Waals surface area contributed by atoms with Gasteiger partial charge in [-0.25, -0.2) is 0 Å². The Morgan fingerprint density at radius 1 is 0.895 bits per heavy atom. The summed E-state index contributed by atoms with van der Waals surface area (Å²) >= 11 is 18.2. The molecule has 0 heterocycles. The molecule has 0 spiro atoms. The van der Waals surface area contributed by atoms with Crippen molar-refractivity contribution >= 4 is 34.8 Å². The maximum atomic E-state index is 6.25. The van der Waals surface area contributed by atoms with E-state index in [1.165, 1.54) is 0 Å². The van der Waals surface area contributed by atoms with Crippen LogP contribution in [0.15, 0.2) is 36.4 Å². The van der Waals surface area contributed by atoms with Crippen molar-refractivity contribution in [3.05, 3.63) is 62.6 Å². The molecule has 4 heteroatoms. The van der Waals surface area contributed by atoms with E-state index in [1.807, 2.05) is 24.3 Å². The molecule has 100 valence electrons. The van der Waals surface area contributed by atoms with E-state index >= 15 is 0 Å². The van der Waals surface area contributed by atoms with Crippen molar-refractivity contribution in [1.29, 1.82) is 0 Å². The van der Waals surface area contributed by atoms with Crippen LogP contribution in [0.5, 0.6) is 5.75 Å². The van der Waals surface area contributed by atoms with Crippen LogP contribution in [0, 0.1) is 0 Å². The summed E-state index contributed by atoms with van der Waals surface area (Å²) in [6, 6.07) is 11.1. The highest BCUT2D eigenvalue weighted by Crippen LogP contribution is 2.37. The lowest BCUT2D eigenvalue weighted by molar-refractivity contribution is 0.408. The second-order valence-electron chi connectivity index (χ2n) is 4.27. The first-order chi connectivity index (χ1) is 9.02. The van der Waals surface area contributed by atoms with Crippen LogP contribution in [-0.4, -0.2) is 7.11 Å². The summed E-state index contributed by atoms with van der Waals surface area (Å²) in [6.07, 6.45) is 0. The van der Waals surface area contributed by atoms with E-state index in [9.17, 15) is 0 Å².